The van der Waals surface area contributed by atoms with E-state index in [4.69, 9.17) is 0 Å². The van der Waals surface area contributed by atoms with E-state index in [9.17, 15) is 0 Å². The van der Waals surface area contributed by atoms with Crippen molar-refractivity contribution in [2.75, 3.05) is 0 Å². The Morgan fingerprint density at radius 3 is 2.78 bits per heavy atom. The van der Waals surface area contributed by atoms with E-state index in [1.807, 2.05) is 0 Å². The maximum Gasteiger partial charge on any atom is -0.0133 e. The normalized spacial score (nSPS) is 17.6. The summed E-state index contributed by atoms with van der Waals surface area (Å²) in [5.74, 6) is 0. The van der Waals surface area contributed by atoms with Crippen LogP contribution in [0.2, 0.25) is 0 Å². The van der Waals surface area contributed by atoms with Crippen LogP contribution in [-0.2, 0) is 0 Å². The Kier molecular flexibility index (Phi) is 2.10. The van der Waals surface area contributed by atoms with Crippen molar-refractivity contribution in [1.82, 2.24) is 0 Å². The van der Waals surface area contributed by atoms with Crippen LogP contribution < -0.4 is 0 Å². The maximum absolute atomic E-state index is 2.26. The number of allylic oxidation sites excluding steroid dienone is 4. The van der Waals surface area contributed by atoms with Crippen LogP contribution in [-0.4, -0.2) is 0 Å². The third kappa shape index (κ3) is 1.44. The van der Waals surface area contributed by atoms with Crippen LogP contribution >= 0.6 is 0 Å². The summed E-state index contributed by atoms with van der Waals surface area (Å²) < 4.78 is 0. The van der Waals surface area contributed by atoms with E-state index < -0.39 is 0 Å². The average Bonchev–Trinajstić information content (AvgIpc) is 2.18. The number of hydrogen-bond acceptors (Lipinski definition) is 0. The average molecular weight is 122 g/mol. The molecule has 0 heteroatoms. The molecule has 0 unspecified atom stereocenters. The highest BCUT2D eigenvalue weighted by Gasteiger charge is 2.01. The van der Waals surface area contributed by atoms with Gasteiger partial charge in [-0.25, -0.2) is 0 Å². The Morgan fingerprint density at radius 2 is 2.33 bits per heavy atom. The highest BCUT2D eigenvalue weighted by molar-refractivity contribution is 5.32. The third-order valence-electron chi connectivity index (χ3n) is 1.81. The predicted octanol–water partition coefficient (Wildman–Crippen LogP) is 3.06. The van der Waals surface area contributed by atoms with Gasteiger partial charge in [-0.2, -0.15) is 0 Å². The Balaban J connectivity index is 2.54. The molecule has 0 amide bonds. The summed E-state index contributed by atoms with van der Waals surface area (Å²) in [6, 6.07) is 0. The molecule has 0 radical (unpaired) electrons. The van der Waals surface area contributed by atoms with Gasteiger partial charge in [-0.15, -0.1) is 0 Å². The predicted molar refractivity (Wildman–Crippen MR) is 41.4 cm³/mol. The fourth-order valence-electron chi connectivity index (χ4n) is 1.22. The Labute approximate surface area is 57.3 Å². The second-order valence-corrected chi connectivity index (χ2v) is 2.66. The van der Waals surface area contributed by atoms with Crippen molar-refractivity contribution in [3.05, 3.63) is 23.3 Å². The lowest BCUT2D eigenvalue weighted by molar-refractivity contribution is 0.916. The van der Waals surface area contributed by atoms with Crippen LogP contribution in [0.15, 0.2) is 23.3 Å². The van der Waals surface area contributed by atoms with Gasteiger partial charge in [0.05, 0.1) is 0 Å². The molecule has 0 aliphatic heterocycles. The number of hydrogen-bond donors (Lipinski definition) is 0. The van der Waals surface area contributed by atoms with Gasteiger partial charge in [0.25, 0.3) is 0 Å². The molecule has 0 fully saturated rings. The van der Waals surface area contributed by atoms with Gasteiger partial charge in [0, 0.05) is 0 Å². The van der Waals surface area contributed by atoms with Gasteiger partial charge in [-0.3, -0.25) is 0 Å². The van der Waals surface area contributed by atoms with E-state index in [0.29, 0.717) is 0 Å². The van der Waals surface area contributed by atoms with E-state index in [2.05, 4.69) is 26.0 Å². The lowest BCUT2D eigenvalue weighted by Gasteiger charge is -1.97. The molecule has 9 heavy (non-hydrogen) atoms. The zero-order valence-corrected chi connectivity index (χ0v) is 6.28. The molecule has 0 aromatic carbocycles. The van der Waals surface area contributed by atoms with E-state index in [1.54, 1.807) is 11.1 Å². The minimum atomic E-state index is 1.19. The molecule has 0 spiro atoms. The monoisotopic (exact) mass is 122 g/mol. The van der Waals surface area contributed by atoms with Crippen LogP contribution in [0.3, 0.4) is 0 Å². The summed E-state index contributed by atoms with van der Waals surface area (Å²) in [5.41, 5.74) is 3.13. The summed E-state index contributed by atoms with van der Waals surface area (Å²) in [5, 5.41) is 0. The van der Waals surface area contributed by atoms with Gasteiger partial charge in [-0.1, -0.05) is 31.1 Å². The first-order chi connectivity index (χ1) is 4.34. The minimum Gasteiger partial charge on any atom is -0.0802 e. The second-order valence-electron chi connectivity index (χ2n) is 2.66. The smallest absolute Gasteiger partial charge is 0.0133 e. The second kappa shape index (κ2) is 2.86. The maximum atomic E-state index is 2.26. The van der Waals surface area contributed by atoms with Crippen molar-refractivity contribution in [2.24, 2.45) is 0 Å². The van der Waals surface area contributed by atoms with Gasteiger partial charge in [-0.05, 0) is 25.3 Å². The Hall–Kier alpha value is -0.520. The molecule has 0 saturated carbocycles. The van der Waals surface area contributed by atoms with Gasteiger partial charge in [0.15, 0.2) is 0 Å². The van der Waals surface area contributed by atoms with Gasteiger partial charge >= 0.3 is 0 Å². The summed E-state index contributed by atoms with van der Waals surface area (Å²) in [6.07, 6.45) is 8.24. The van der Waals surface area contributed by atoms with Crippen molar-refractivity contribution in [2.45, 2.75) is 33.1 Å². The van der Waals surface area contributed by atoms with Crippen LogP contribution in [0.25, 0.3) is 0 Å². The van der Waals surface area contributed by atoms with Crippen LogP contribution in [0, 0.1) is 0 Å². The molecule has 0 bridgehead atoms. The summed E-state index contributed by atoms with van der Waals surface area (Å²) >= 11 is 0. The highest BCUT2D eigenvalue weighted by Crippen LogP contribution is 2.21. The molecule has 1 aliphatic rings. The standard InChI is InChI=1S/C9H14/c1-3-5-9-7-4-6-8(9)2/h4,7H,3,5-6H2,1-2H3. The van der Waals surface area contributed by atoms with Crippen molar-refractivity contribution in [3.8, 4) is 0 Å². The molecule has 0 aromatic rings. The molecule has 0 N–H and O–H groups in total. The topological polar surface area (TPSA) is 0 Å². The molecule has 0 nitrogen and oxygen atoms in total. The van der Waals surface area contributed by atoms with Crippen LogP contribution in [0.4, 0.5) is 0 Å². The molecule has 1 aliphatic carbocycles. The van der Waals surface area contributed by atoms with Crippen molar-refractivity contribution < 1.29 is 0 Å². The molecule has 0 saturated heterocycles. The SMILES string of the molecule is CCCC1=C(C)CC=C1. The zero-order chi connectivity index (χ0) is 6.69. The molecule has 0 heterocycles. The first-order valence-electron chi connectivity index (χ1n) is 3.69. The first-order valence-corrected chi connectivity index (χ1v) is 3.69. The number of rotatable bonds is 2. The molecular weight excluding hydrogens is 108 g/mol. The van der Waals surface area contributed by atoms with Gasteiger partial charge in [0.2, 0.25) is 0 Å². The molecule has 0 atom stereocenters. The fraction of sp³-hybridized carbons (Fsp3) is 0.556. The highest BCUT2D eigenvalue weighted by atomic mass is 14.1. The molecule has 1 rings (SSSR count). The largest absolute Gasteiger partial charge is 0.0802 e. The summed E-state index contributed by atoms with van der Waals surface area (Å²) in [6.45, 7) is 4.46. The lowest BCUT2D eigenvalue weighted by atomic mass is 10.1. The third-order valence-corrected chi connectivity index (χ3v) is 1.81. The van der Waals surface area contributed by atoms with Gasteiger partial charge < -0.3 is 0 Å². The Bertz CT molecular complexity index is 149. The lowest BCUT2D eigenvalue weighted by Crippen LogP contribution is -1.77. The summed E-state index contributed by atoms with van der Waals surface area (Å²) in [4.78, 5) is 0. The van der Waals surface area contributed by atoms with Crippen molar-refractivity contribution in [3.63, 3.8) is 0 Å². The molecule has 0 aromatic heterocycles. The molecular formula is C9H14. The van der Waals surface area contributed by atoms with E-state index in [0.717, 1.165) is 0 Å². The van der Waals surface area contributed by atoms with Crippen molar-refractivity contribution in [1.29, 1.82) is 0 Å². The van der Waals surface area contributed by atoms with Crippen LogP contribution in [0.5, 0.6) is 0 Å². The quantitative estimate of drug-likeness (QED) is 0.528. The Morgan fingerprint density at radius 1 is 1.56 bits per heavy atom. The van der Waals surface area contributed by atoms with E-state index >= 15 is 0 Å². The molecule has 50 valence electrons. The van der Waals surface area contributed by atoms with Gasteiger partial charge in [0.1, 0.15) is 0 Å². The van der Waals surface area contributed by atoms with Crippen molar-refractivity contribution >= 4 is 0 Å². The first kappa shape index (κ1) is 6.60. The van der Waals surface area contributed by atoms with Crippen LogP contribution in [0.1, 0.15) is 33.1 Å². The zero-order valence-electron chi connectivity index (χ0n) is 6.28. The fourth-order valence-corrected chi connectivity index (χ4v) is 1.22. The van der Waals surface area contributed by atoms with E-state index in [1.165, 1.54) is 19.3 Å². The van der Waals surface area contributed by atoms with E-state index in [-0.39, 0.29) is 0 Å². The summed E-state index contributed by atoms with van der Waals surface area (Å²) in [7, 11) is 0. The minimum absolute atomic E-state index is 1.19.